The van der Waals surface area contributed by atoms with Crippen molar-refractivity contribution in [3.05, 3.63) is 107 Å². The third kappa shape index (κ3) is 7.59. The lowest BCUT2D eigenvalue weighted by Gasteiger charge is -2.22. The van der Waals surface area contributed by atoms with E-state index in [1.807, 2.05) is 0 Å². The molecule has 3 aromatic rings. The zero-order valence-corrected chi connectivity index (χ0v) is 18.7. The zero-order chi connectivity index (χ0) is 23.8. The van der Waals surface area contributed by atoms with Crippen LogP contribution < -0.4 is 4.72 Å². The number of nitrogens with zero attached hydrogens (tertiary/aromatic N) is 2. The van der Waals surface area contributed by atoms with Gasteiger partial charge in [0.25, 0.3) is 0 Å². The van der Waals surface area contributed by atoms with E-state index in [2.05, 4.69) is 10.8 Å². The van der Waals surface area contributed by atoms with Gasteiger partial charge in [-0.3, -0.25) is 9.52 Å². The molecule has 0 aliphatic carbocycles. The standard InChI is InChI=1S/C25H22FN3O3S/c1-33(31,32)28-24-12-9-19(10-13-24)11-14-25(30)29(18-22-3-2-4-23(26)15-22)17-21-7-5-20(16-27)6-8-21/h2-15,28H,17-18H2,1H3/b14-11-. The average molecular weight is 464 g/mol. The second kappa shape index (κ2) is 10.6. The number of nitrogens with one attached hydrogen (secondary N) is 1. The molecule has 0 aliphatic rings. The molecule has 8 heteroatoms. The van der Waals surface area contributed by atoms with Crippen molar-refractivity contribution >= 4 is 27.7 Å². The molecule has 168 valence electrons. The topological polar surface area (TPSA) is 90.3 Å². The van der Waals surface area contributed by atoms with Crippen LogP contribution in [0.25, 0.3) is 6.08 Å². The Morgan fingerprint density at radius 1 is 1.03 bits per heavy atom. The summed E-state index contributed by atoms with van der Waals surface area (Å²) in [5.41, 5.74) is 3.15. The molecule has 0 atom stereocenters. The number of rotatable bonds is 8. The number of amides is 1. The van der Waals surface area contributed by atoms with Gasteiger partial charge in [-0.05, 0) is 59.2 Å². The van der Waals surface area contributed by atoms with Crippen molar-refractivity contribution < 1.29 is 17.6 Å². The van der Waals surface area contributed by atoms with E-state index in [4.69, 9.17) is 5.26 Å². The molecular formula is C25H22FN3O3S. The van der Waals surface area contributed by atoms with Gasteiger partial charge in [0.2, 0.25) is 15.9 Å². The maximum Gasteiger partial charge on any atom is 0.247 e. The molecule has 0 aliphatic heterocycles. The number of nitriles is 1. The Morgan fingerprint density at radius 3 is 2.30 bits per heavy atom. The Labute approximate surface area is 192 Å². The van der Waals surface area contributed by atoms with Crippen molar-refractivity contribution in [1.82, 2.24) is 4.90 Å². The minimum atomic E-state index is -3.37. The predicted molar refractivity (Wildman–Crippen MR) is 126 cm³/mol. The van der Waals surface area contributed by atoms with Crippen molar-refractivity contribution in [3.8, 4) is 6.07 Å². The fraction of sp³-hybridized carbons (Fsp3) is 0.120. The fourth-order valence-corrected chi connectivity index (χ4v) is 3.69. The van der Waals surface area contributed by atoms with Crippen LogP contribution in [-0.4, -0.2) is 25.5 Å². The second-order valence-corrected chi connectivity index (χ2v) is 9.21. The molecule has 1 amide bonds. The number of sulfonamides is 1. The Hall–Kier alpha value is -3.96. The monoisotopic (exact) mass is 463 g/mol. The van der Waals surface area contributed by atoms with Crippen LogP contribution in [0.4, 0.5) is 10.1 Å². The number of carbonyl (C=O) groups excluding carboxylic acids is 1. The summed E-state index contributed by atoms with van der Waals surface area (Å²) in [5, 5.41) is 8.98. The maximum atomic E-state index is 13.6. The Balaban J connectivity index is 1.77. The lowest BCUT2D eigenvalue weighted by atomic mass is 10.1. The van der Waals surface area contributed by atoms with E-state index in [9.17, 15) is 17.6 Å². The molecule has 3 aromatic carbocycles. The Morgan fingerprint density at radius 2 is 1.70 bits per heavy atom. The van der Waals surface area contributed by atoms with E-state index in [1.54, 1.807) is 71.6 Å². The highest BCUT2D eigenvalue weighted by atomic mass is 32.2. The van der Waals surface area contributed by atoms with Crippen LogP contribution in [-0.2, 0) is 27.9 Å². The van der Waals surface area contributed by atoms with E-state index in [0.717, 1.165) is 11.8 Å². The summed E-state index contributed by atoms with van der Waals surface area (Å²) in [6.45, 7) is 0.487. The first-order valence-corrected chi connectivity index (χ1v) is 11.9. The van der Waals surface area contributed by atoms with E-state index in [1.165, 1.54) is 18.2 Å². The van der Waals surface area contributed by atoms with E-state index in [-0.39, 0.29) is 24.8 Å². The van der Waals surface area contributed by atoms with Crippen molar-refractivity contribution in [1.29, 1.82) is 5.26 Å². The number of benzene rings is 3. The number of hydrogen-bond acceptors (Lipinski definition) is 4. The highest BCUT2D eigenvalue weighted by molar-refractivity contribution is 7.92. The summed E-state index contributed by atoms with van der Waals surface area (Å²) in [7, 11) is -3.37. The molecule has 0 unspecified atom stereocenters. The van der Waals surface area contributed by atoms with Gasteiger partial charge in [0.1, 0.15) is 5.82 Å². The van der Waals surface area contributed by atoms with Gasteiger partial charge in [0, 0.05) is 24.9 Å². The minimum absolute atomic E-state index is 0.207. The summed E-state index contributed by atoms with van der Waals surface area (Å²) in [6, 6.07) is 21.6. The zero-order valence-electron chi connectivity index (χ0n) is 17.9. The number of hydrogen-bond donors (Lipinski definition) is 1. The molecule has 1 N–H and O–H groups in total. The van der Waals surface area contributed by atoms with Gasteiger partial charge in [0.15, 0.2) is 0 Å². The molecule has 6 nitrogen and oxygen atoms in total. The first-order valence-electron chi connectivity index (χ1n) is 10.0. The van der Waals surface area contributed by atoms with Gasteiger partial charge in [-0.15, -0.1) is 0 Å². The van der Waals surface area contributed by atoms with Gasteiger partial charge >= 0.3 is 0 Å². The van der Waals surface area contributed by atoms with Crippen LogP contribution >= 0.6 is 0 Å². The van der Waals surface area contributed by atoms with Crippen LogP contribution in [0, 0.1) is 17.1 Å². The van der Waals surface area contributed by atoms with Gasteiger partial charge in [0.05, 0.1) is 17.9 Å². The SMILES string of the molecule is CS(=O)(=O)Nc1ccc(/C=C\C(=O)N(Cc2ccc(C#N)cc2)Cc2cccc(F)c2)cc1. The van der Waals surface area contributed by atoms with Gasteiger partial charge in [-0.1, -0.05) is 36.4 Å². The van der Waals surface area contributed by atoms with Crippen molar-refractivity contribution in [3.63, 3.8) is 0 Å². The summed E-state index contributed by atoms with van der Waals surface area (Å²) < 4.78 is 38.7. The number of carbonyl (C=O) groups is 1. The van der Waals surface area contributed by atoms with Gasteiger partial charge in [-0.2, -0.15) is 5.26 Å². The molecular weight excluding hydrogens is 441 g/mol. The predicted octanol–water partition coefficient (Wildman–Crippen LogP) is 4.31. The van der Waals surface area contributed by atoms with E-state index >= 15 is 0 Å². The smallest absolute Gasteiger partial charge is 0.247 e. The highest BCUT2D eigenvalue weighted by Gasteiger charge is 2.13. The van der Waals surface area contributed by atoms with Crippen LogP contribution in [0.5, 0.6) is 0 Å². The minimum Gasteiger partial charge on any atom is -0.331 e. The second-order valence-electron chi connectivity index (χ2n) is 7.46. The van der Waals surface area contributed by atoms with Gasteiger partial charge in [-0.25, -0.2) is 12.8 Å². The Kier molecular flexibility index (Phi) is 7.59. The first-order chi connectivity index (χ1) is 15.7. The molecule has 0 radical (unpaired) electrons. The molecule has 0 spiro atoms. The molecule has 0 aromatic heterocycles. The van der Waals surface area contributed by atoms with E-state index in [0.29, 0.717) is 22.4 Å². The van der Waals surface area contributed by atoms with Crippen molar-refractivity contribution in [2.24, 2.45) is 0 Å². The molecule has 0 saturated heterocycles. The normalized spacial score (nSPS) is 11.2. The lowest BCUT2D eigenvalue weighted by molar-refractivity contribution is -0.127. The summed E-state index contributed by atoms with van der Waals surface area (Å²) >= 11 is 0. The number of anilines is 1. The van der Waals surface area contributed by atoms with Gasteiger partial charge < -0.3 is 4.90 Å². The maximum absolute atomic E-state index is 13.6. The molecule has 0 bridgehead atoms. The first kappa shape index (κ1) is 23.7. The van der Waals surface area contributed by atoms with Crippen molar-refractivity contribution in [2.75, 3.05) is 11.0 Å². The molecule has 3 rings (SSSR count). The third-order valence-corrected chi connectivity index (χ3v) is 5.27. The van der Waals surface area contributed by atoms with Crippen LogP contribution in [0.2, 0.25) is 0 Å². The van der Waals surface area contributed by atoms with Crippen LogP contribution in [0.3, 0.4) is 0 Å². The summed E-state index contributed by atoms with van der Waals surface area (Å²) in [4.78, 5) is 14.6. The molecule has 0 heterocycles. The van der Waals surface area contributed by atoms with E-state index < -0.39 is 10.0 Å². The lowest BCUT2D eigenvalue weighted by Crippen LogP contribution is -2.28. The highest BCUT2D eigenvalue weighted by Crippen LogP contribution is 2.15. The largest absolute Gasteiger partial charge is 0.331 e. The van der Waals surface area contributed by atoms with Crippen LogP contribution in [0.1, 0.15) is 22.3 Å². The Bertz CT molecular complexity index is 1300. The number of halogens is 1. The third-order valence-electron chi connectivity index (χ3n) is 4.66. The van der Waals surface area contributed by atoms with Crippen molar-refractivity contribution in [2.45, 2.75) is 13.1 Å². The average Bonchev–Trinajstić information content (AvgIpc) is 2.77. The van der Waals surface area contributed by atoms with Crippen LogP contribution in [0.15, 0.2) is 78.9 Å². The molecule has 0 fully saturated rings. The quantitative estimate of drug-likeness (QED) is 0.504. The molecule has 0 saturated carbocycles. The molecule has 33 heavy (non-hydrogen) atoms. The summed E-state index contributed by atoms with van der Waals surface area (Å²) in [6.07, 6.45) is 4.12. The fourth-order valence-electron chi connectivity index (χ4n) is 3.12. The summed E-state index contributed by atoms with van der Waals surface area (Å²) in [5.74, 6) is -0.654.